The summed E-state index contributed by atoms with van der Waals surface area (Å²) < 4.78 is 95.3. The first-order chi connectivity index (χ1) is 16.0. The molecular formula is C19H25N3O10S3. The standard InChI is InChI=1S/C19H25N3O10S3/c1-12-8-16(13(2)7-15(12)20-11-34(25,26)27)21-22-17-9-14(3)19(10-18(17)31-4)33(23,24)6-5-32-35(28,29)30/h7-10,20H,5-6,11H2,1-4H3,(H,25,26,27)(H,28,29,30)/b22-21+. The molecule has 0 aliphatic rings. The van der Waals surface area contributed by atoms with Crippen LogP contribution in [0, 0.1) is 20.8 Å². The number of methoxy groups -OCH3 is 1. The molecule has 16 heteroatoms. The number of rotatable bonds is 11. The summed E-state index contributed by atoms with van der Waals surface area (Å²) >= 11 is 0. The van der Waals surface area contributed by atoms with Crippen molar-refractivity contribution in [2.45, 2.75) is 25.7 Å². The summed E-state index contributed by atoms with van der Waals surface area (Å²) in [7, 11) is -11.6. The van der Waals surface area contributed by atoms with Gasteiger partial charge in [0, 0.05) is 11.8 Å². The molecule has 0 spiro atoms. The monoisotopic (exact) mass is 551 g/mol. The number of azo groups is 1. The first-order valence-electron chi connectivity index (χ1n) is 9.77. The largest absolute Gasteiger partial charge is 0.494 e. The van der Waals surface area contributed by atoms with E-state index in [0.29, 0.717) is 28.1 Å². The van der Waals surface area contributed by atoms with Gasteiger partial charge in [0.15, 0.2) is 9.84 Å². The van der Waals surface area contributed by atoms with Gasteiger partial charge in [0.2, 0.25) is 0 Å². The van der Waals surface area contributed by atoms with Gasteiger partial charge >= 0.3 is 10.4 Å². The van der Waals surface area contributed by atoms with Gasteiger partial charge in [-0.05, 0) is 55.7 Å². The Balaban J connectivity index is 2.33. The summed E-state index contributed by atoms with van der Waals surface area (Å²) in [6.45, 7) is 4.18. The lowest BCUT2D eigenvalue weighted by Crippen LogP contribution is -2.16. The van der Waals surface area contributed by atoms with E-state index in [9.17, 15) is 25.3 Å². The number of hydrogen-bond acceptors (Lipinski definition) is 11. The Hall–Kier alpha value is -2.63. The fourth-order valence-electron chi connectivity index (χ4n) is 2.97. The van der Waals surface area contributed by atoms with Gasteiger partial charge in [0.1, 0.15) is 17.3 Å². The summed E-state index contributed by atoms with van der Waals surface area (Å²) in [5.41, 5.74) is 2.75. The molecule has 0 bridgehead atoms. The van der Waals surface area contributed by atoms with E-state index in [2.05, 4.69) is 19.7 Å². The van der Waals surface area contributed by atoms with Crippen LogP contribution in [0.15, 0.2) is 39.4 Å². The molecule has 0 unspecified atom stereocenters. The molecule has 0 heterocycles. The van der Waals surface area contributed by atoms with Crippen molar-refractivity contribution in [1.82, 2.24) is 0 Å². The first-order valence-corrected chi connectivity index (χ1v) is 14.4. The third-order valence-corrected chi connectivity index (χ3v) is 7.44. The molecule has 3 N–H and O–H groups in total. The predicted molar refractivity (Wildman–Crippen MR) is 127 cm³/mol. The highest BCUT2D eigenvalue weighted by molar-refractivity contribution is 7.91. The van der Waals surface area contributed by atoms with Crippen LogP contribution in [0.1, 0.15) is 16.7 Å². The van der Waals surface area contributed by atoms with Crippen LogP contribution in [-0.4, -0.2) is 59.7 Å². The molecule has 194 valence electrons. The number of nitrogens with zero attached hydrogens (tertiary/aromatic N) is 2. The molecule has 2 aromatic rings. The first kappa shape index (κ1) is 28.6. The summed E-state index contributed by atoms with van der Waals surface area (Å²) in [6.07, 6.45) is 0. The highest BCUT2D eigenvalue weighted by Crippen LogP contribution is 2.35. The normalized spacial score (nSPS) is 12.7. The zero-order valence-electron chi connectivity index (χ0n) is 19.2. The molecule has 0 fully saturated rings. The quantitative estimate of drug-likeness (QED) is 0.274. The Labute approximate surface area is 203 Å². The number of hydrogen-bond donors (Lipinski definition) is 3. The van der Waals surface area contributed by atoms with Crippen LogP contribution < -0.4 is 10.1 Å². The summed E-state index contributed by atoms with van der Waals surface area (Å²) in [5, 5.41) is 11.0. The molecule has 0 atom stereocenters. The third kappa shape index (κ3) is 8.52. The number of nitrogens with one attached hydrogen (secondary N) is 1. The van der Waals surface area contributed by atoms with Gasteiger partial charge in [-0.15, -0.1) is 5.11 Å². The molecule has 0 aromatic heterocycles. The Morgan fingerprint density at radius 2 is 1.46 bits per heavy atom. The molecule has 0 aliphatic heterocycles. The van der Waals surface area contributed by atoms with Gasteiger partial charge in [0.25, 0.3) is 10.1 Å². The van der Waals surface area contributed by atoms with E-state index in [1.54, 1.807) is 26.0 Å². The fourth-order valence-corrected chi connectivity index (χ4v) is 5.06. The summed E-state index contributed by atoms with van der Waals surface area (Å²) in [4.78, 5) is -0.131. The van der Waals surface area contributed by atoms with E-state index < -0.39 is 48.6 Å². The highest BCUT2D eigenvalue weighted by atomic mass is 32.3. The van der Waals surface area contributed by atoms with E-state index in [1.807, 2.05) is 0 Å². The maximum atomic E-state index is 12.6. The molecule has 0 saturated carbocycles. The van der Waals surface area contributed by atoms with Crippen molar-refractivity contribution in [3.05, 3.63) is 41.0 Å². The lowest BCUT2D eigenvalue weighted by molar-refractivity contribution is 0.284. The SMILES string of the molecule is COc1cc(S(=O)(=O)CCOS(=O)(=O)O)c(C)cc1/N=N/c1cc(C)c(NCS(=O)(=O)O)cc1C. The van der Waals surface area contributed by atoms with Gasteiger partial charge in [-0.25, -0.2) is 12.6 Å². The molecule has 0 saturated heterocycles. The summed E-state index contributed by atoms with van der Waals surface area (Å²) in [5.74, 6) is -1.26. The van der Waals surface area contributed by atoms with Gasteiger partial charge < -0.3 is 10.1 Å². The molecular weight excluding hydrogens is 526 g/mol. The second-order valence-corrected chi connectivity index (χ2v) is 12.0. The van der Waals surface area contributed by atoms with Crippen LogP contribution in [0.2, 0.25) is 0 Å². The van der Waals surface area contributed by atoms with Crippen LogP contribution >= 0.6 is 0 Å². The zero-order valence-corrected chi connectivity index (χ0v) is 21.7. The maximum absolute atomic E-state index is 12.6. The van der Waals surface area contributed by atoms with Crippen LogP contribution in [0.3, 0.4) is 0 Å². The predicted octanol–water partition coefficient (Wildman–Crippen LogP) is 2.89. The lowest BCUT2D eigenvalue weighted by Gasteiger charge is -2.12. The van der Waals surface area contributed by atoms with Gasteiger partial charge in [-0.2, -0.15) is 21.9 Å². The van der Waals surface area contributed by atoms with Gasteiger partial charge in [-0.1, -0.05) is 0 Å². The van der Waals surface area contributed by atoms with E-state index in [0.717, 1.165) is 0 Å². The van der Waals surface area contributed by atoms with Crippen molar-refractivity contribution in [2.24, 2.45) is 10.2 Å². The molecule has 0 amide bonds. The van der Waals surface area contributed by atoms with E-state index in [1.165, 1.54) is 26.2 Å². The second kappa shape index (κ2) is 11.0. The smallest absolute Gasteiger partial charge is 0.397 e. The van der Waals surface area contributed by atoms with Crippen molar-refractivity contribution >= 4 is 47.4 Å². The fraction of sp³-hybridized carbons (Fsp3) is 0.368. The number of aryl methyl sites for hydroxylation is 3. The van der Waals surface area contributed by atoms with Crippen LogP contribution in [0.5, 0.6) is 5.75 Å². The molecule has 2 rings (SSSR count). The number of ether oxygens (including phenoxy) is 1. The van der Waals surface area contributed by atoms with Crippen molar-refractivity contribution in [2.75, 3.05) is 30.7 Å². The molecule has 0 aliphatic carbocycles. The van der Waals surface area contributed by atoms with Crippen molar-refractivity contribution in [3.8, 4) is 5.75 Å². The average Bonchev–Trinajstić information content (AvgIpc) is 2.71. The Morgan fingerprint density at radius 1 is 0.857 bits per heavy atom. The highest BCUT2D eigenvalue weighted by Gasteiger charge is 2.21. The maximum Gasteiger partial charge on any atom is 0.397 e. The van der Waals surface area contributed by atoms with Crippen molar-refractivity contribution in [1.29, 1.82) is 0 Å². The number of sulfone groups is 1. The van der Waals surface area contributed by atoms with Crippen LogP contribution in [0.4, 0.5) is 17.1 Å². The third-order valence-electron chi connectivity index (χ3n) is 4.65. The number of anilines is 1. The minimum Gasteiger partial charge on any atom is -0.494 e. The van der Waals surface area contributed by atoms with E-state index in [4.69, 9.17) is 13.8 Å². The summed E-state index contributed by atoms with van der Waals surface area (Å²) in [6, 6.07) is 5.95. The Bertz CT molecular complexity index is 1450. The van der Waals surface area contributed by atoms with Gasteiger partial charge in [0.05, 0.1) is 30.1 Å². The van der Waals surface area contributed by atoms with Crippen LogP contribution in [0.25, 0.3) is 0 Å². The van der Waals surface area contributed by atoms with Crippen LogP contribution in [-0.2, 0) is 34.5 Å². The van der Waals surface area contributed by atoms with Gasteiger partial charge in [-0.3, -0.25) is 9.11 Å². The molecule has 35 heavy (non-hydrogen) atoms. The van der Waals surface area contributed by atoms with Crippen molar-refractivity contribution < 1.29 is 43.3 Å². The van der Waals surface area contributed by atoms with E-state index >= 15 is 0 Å². The minimum atomic E-state index is -4.77. The van der Waals surface area contributed by atoms with Crippen molar-refractivity contribution in [3.63, 3.8) is 0 Å². The molecule has 13 nitrogen and oxygen atoms in total. The minimum absolute atomic E-state index is 0.0921. The lowest BCUT2D eigenvalue weighted by atomic mass is 10.1. The molecule has 2 aromatic carbocycles. The Morgan fingerprint density at radius 3 is 2.03 bits per heavy atom. The Kier molecular flexibility index (Phi) is 8.96. The zero-order chi connectivity index (χ0) is 26.6. The van der Waals surface area contributed by atoms with E-state index in [-0.39, 0.29) is 16.3 Å². The number of benzene rings is 2. The molecule has 0 radical (unpaired) electrons. The second-order valence-electron chi connectivity index (χ2n) is 7.41. The topological polar surface area (TPSA) is 198 Å². The average molecular weight is 552 g/mol.